The second kappa shape index (κ2) is 8.44. The monoisotopic (exact) mass is 368 g/mol. The van der Waals surface area contributed by atoms with Gasteiger partial charge in [-0.1, -0.05) is 18.2 Å². The first-order chi connectivity index (χ1) is 13.1. The van der Waals surface area contributed by atoms with Crippen molar-refractivity contribution in [1.82, 2.24) is 10.2 Å². The van der Waals surface area contributed by atoms with Crippen molar-refractivity contribution in [3.05, 3.63) is 54.1 Å². The van der Waals surface area contributed by atoms with Crippen molar-refractivity contribution in [2.24, 2.45) is 5.73 Å². The molecule has 0 bridgehead atoms. The molecule has 4 N–H and O–H groups in total. The second-order valence-electron chi connectivity index (χ2n) is 6.48. The fourth-order valence-corrected chi connectivity index (χ4v) is 3.23. The van der Waals surface area contributed by atoms with Gasteiger partial charge in [-0.15, -0.1) is 0 Å². The van der Waals surface area contributed by atoms with Crippen LogP contribution in [0.15, 0.2) is 48.5 Å². The zero-order chi connectivity index (χ0) is 19.2. The zero-order valence-corrected chi connectivity index (χ0v) is 15.3. The molecule has 1 aliphatic heterocycles. The Balaban J connectivity index is 1.72. The highest BCUT2D eigenvalue weighted by Crippen LogP contribution is 2.25. The lowest BCUT2D eigenvalue weighted by Gasteiger charge is -2.32. The van der Waals surface area contributed by atoms with Crippen molar-refractivity contribution in [2.45, 2.75) is 18.9 Å². The molecule has 0 aromatic heterocycles. The Morgan fingerprint density at radius 1 is 1.11 bits per heavy atom. The van der Waals surface area contributed by atoms with E-state index < -0.39 is 6.03 Å². The fourth-order valence-electron chi connectivity index (χ4n) is 3.23. The first-order valence-corrected chi connectivity index (χ1v) is 8.92. The van der Waals surface area contributed by atoms with Crippen LogP contribution in [-0.4, -0.2) is 43.1 Å². The number of primary amides is 1. The summed E-state index contributed by atoms with van der Waals surface area (Å²) in [5.41, 5.74) is 7.38. The molecule has 1 heterocycles. The van der Waals surface area contributed by atoms with E-state index in [-0.39, 0.29) is 11.9 Å². The molecule has 0 radical (unpaired) electrons. The van der Waals surface area contributed by atoms with Gasteiger partial charge in [0.15, 0.2) is 0 Å². The fraction of sp³-hybridized carbons (Fsp3) is 0.300. The molecule has 1 aliphatic rings. The number of piperidine rings is 1. The summed E-state index contributed by atoms with van der Waals surface area (Å²) in [4.78, 5) is 25.8. The summed E-state index contributed by atoms with van der Waals surface area (Å²) >= 11 is 0. The Bertz CT molecular complexity index is 816. The maximum atomic E-state index is 13.0. The normalized spacial score (nSPS) is 14.5. The van der Waals surface area contributed by atoms with E-state index in [9.17, 15) is 9.59 Å². The molecule has 0 spiro atoms. The smallest absolute Gasteiger partial charge is 0.312 e. The number of ether oxygens (including phenoxy) is 1. The number of hydrogen-bond acceptors (Lipinski definition) is 4. The van der Waals surface area contributed by atoms with E-state index >= 15 is 0 Å². The number of nitrogens with one attached hydrogen (secondary N) is 2. The van der Waals surface area contributed by atoms with Crippen molar-refractivity contribution in [2.75, 3.05) is 25.5 Å². The van der Waals surface area contributed by atoms with Crippen LogP contribution >= 0.6 is 0 Å². The van der Waals surface area contributed by atoms with Crippen LogP contribution in [0.5, 0.6) is 5.75 Å². The molecule has 2 aromatic carbocycles. The van der Waals surface area contributed by atoms with Crippen molar-refractivity contribution in [3.63, 3.8) is 0 Å². The lowest BCUT2D eigenvalue weighted by Crippen LogP contribution is -2.47. The van der Waals surface area contributed by atoms with Gasteiger partial charge in [0.25, 0.3) is 5.91 Å². The number of carbonyl (C=O) groups excluding carboxylic acids is 2. The molecule has 1 saturated heterocycles. The molecule has 0 aliphatic carbocycles. The predicted molar refractivity (Wildman–Crippen MR) is 104 cm³/mol. The molecule has 2 aromatic rings. The Morgan fingerprint density at radius 2 is 1.85 bits per heavy atom. The third-order valence-corrected chi connectivity index (χ3v) is 4.63. The number of carbonyl (C=O) groups is 2. The molecular weight excluding hydrogens is 344 g/mol. The van der Waals surface area contributed by atoms with E-state index in [4.69, 9.17) is 10.5 Å². The van der Waals surface area contributed by atoms with Crippen LogP contribution < -0.4 is 21.1 Å². The third-order valence-electron chi connectivity index (χ3n) is 4.63. The molecule has 7 heteroatoms. The van der Waals surface area contributed by atoms with Gasteiger partial charge in [0, 0.05) is 30.9 Å². The highest BCUT2D eigenvalue weighted by molar-refractivity contribution is 6.00. The number of nitrogens with two attached hydrogens (primary N) is 1. The van der Waals surface area contributed by atoms with Crippen molar-refractivity contribution in [1.29, 1.82) is 0 Å². The minimum atomic E-state index is -0.521. The van der Waals surface area contributed by atoms with Gasteiger partial charge in [0.2, 0.25) is 0 Å². The number of amides is 3. The number of hydrogen-bond donors (Lipinski definition) is 3. The summed E-state index contributed by atoms with van der Waals surface area (Å²) in [6, 6.07) is 14.5. The number of likely N-dealkylation sites (tertiary alicyclic amines) is 1. The molecule has 3 rings (SSSR count). The van der Waals surface area contributed by atoms with Gasteiger partial charge in [0.05, 0.1) is 18.4 Å². The molecule has 3 amide bonds. The molecular formula is C20H24N4O3. The molecule has 0 saturated carbocycles. The van der Waals surface area contributed by atoms with E-state index in [1.165, 1.54) is 0 Å². The summed E-state index contributed by atoms with van der Waals surface area (Å²) < 4.78 is 5.25. The largest absolute Gasteiger partial charge is 0.497 e. The summed E-state index contributed by atoms with van der Waals surface area (Å²) in [6.07, 6.45) is 1.39. The summed E-state index contributed by atoms with van der Waals surface area (Å²) in [6.45, 7) is 1.16. The second-order valence-corrected chi connectivity index (χ2v) is 6.48. The van der Waals surface area contributed by atoms with Gasteiger partial charge in [0.1, 0.15) is 5.75 Å². The topological polar surface area (TPSA) is 96.7 Å². The van der Waals surface area contributed by atoms with E-state index in [1.807, 2.05) is 53.4 Å². The van der Waals surface area contributed by atoms with E-state index in [0.717, 1.165) is 17.1 Å². The van der Waals surface area contributed by atoms with E-state index in [2.05, 4.69) is 10.6 Å². The lowest BCUT2D eigenvalue weighted by molar-refractivity contribution is 0.0710. The van der Waals surface area contributed by atoms with Crippen LogP contribution in [0, 0.1) is 0 Å². The van der Waals surface area contributed by atoms with Gasteiger partial charge < -0.3 is 26.0 Å². The van der Waals surface area contributed by atoms with E-state index in [0.29, 0.717) is 31.5 Å². The molecule has 142 valence electrons. The van der Waals surface area contributed by atoms with Crippen molar-refractivity contribution < 1.29 is 14.3 Å². The minimum Gasteiger partial charge on any atom is -0.497 e. The van der Waals surface area contributed by atoms with Gasteiger partial charge in [-0.25, -0.2) is 4.79 Å². The number of urea groups is 1. The summed E-state index contributed by atoms with van der Waals surface area (Å²) in [5.74, 6) is 0.714. The van der Waals surface area contributed by atoms with Crippen LogP contribution in [0.25, 0.3) is 0 Å². The Hall–Kier alpha value is -3.22. The quantitative estimate of drug-likeness (QED) is 0.756. The molecule has 0 atom stereocenters. The first kappa shape index (κ1) is 18.6. The maximum Gasteiger partial charge on any atom is 0.312 e. The first-order valence-electron chi connectivity index (χ1n) is 8.92. The lowest BCUT2D eigenvalue weighted by atomic mass is 10.0. The Labute approximate surface area is 158 Å². The molecule has 27 heavy (non-hydrogen) atoms. The minimum absolute atomic E-state index is 0.0247. The number of para-hydroxylation sites is 1. The molecule has 7 nitrogen and oxygen atoms in total. The van der Waals surface area contributed by atoms with Gasteiger partial charge in [-0.2, -0.15) is 0 Å². The van der Waals surface area contributed by atoms with Gasteiger partial charge in [-0.3, -0.25) is 4.79 Å². The SMILES string of the molecule is COc1cccc(Nc2ccccc2C(=O)N2CCC(NC(N)=O)CC2)c1. The van der Waals surface area contributed by atoms with Crippen LogP contribution in [0.4, 0.5) is 16.2 Å². The van der Waals surface area contributed by atoms with Crippen LogP contribution in [-0.2, 0) is 0 Å². The number of rotatable bonds is 5. The highest BCUT2D eigenvalue weighted by atomic mass is 16.5. The van der Waals surface area contributed by atoms with Gasteiger partial charge >= 0.3 is 6.03 Å². The number of nitrogens with zero attached hydrogens (tertiary/aromatic N) is 1. The van der Waals surface area contributed by atoms with Crippen LogP contribution in [0.2, 0.25) is 0 Å². The number of anilines is 2. The third kappa shape index (κ3) is 4.69. The zero-order valence-electron chi connectivity index (χ0n) is 15.3. The summed E-state index contributed by atoms with van der Waals surface area (Å²) in [5, 5.41) is 6.01. The molecule has 1 fully saturated rings. The predicted octanol–water partition coefficient (Wildman–Crippen LogP) is 2.71. The average molecular weight is 368 g/mol. The maximum absolute atomic E-state index is 13.0. The van der Waals surface area contributed by atoms with Crippen LogP contribution in [0.3, 0.4) is 0 Å². The molecule has 0 unspecified atom stereocenters. The number of benzene rings is 2. The van der Waals surface area contributed by atoms with Crippen molar-refractivity contribution >= 4 is 23.3 Å². The Kier molecular flexibility index (Phi) is 5.80. The average Bonchev–Trinajstić information content (AvgIpc) is 2.68. The van der Waals surface area contributed by atoms with Crippen LogP contribution in [0.1, 0.15) is 23.2 Å². The van der Waals surface area contributed by atoms with E-state index in [1.54, 1.807) is 7.11 Å². The number of methoxy groups -OCH3 is 1. The van der Waals surface area contributed by atoms with Gasteiger partial charge in [-0.05, 0) is 37.1 Å². The highest BCUT2D eigenvalue weighted by Gasteiger charge is 2.25. The Morgan fingerprint density at radius 3 is 2.56 bits per heavy atom. The standard InChI is InChI=1S/C20H24N4O3/c1-27-16-6-4-5-15(13-16)22-18-8-3-2-7-17(18)19(25)24-11-9-14(10-12-24)23-20(21)26/h2-8,13-14,22H,9-12H2,1H3,(H3,21,23,26). The summed E-state index contributed by atoms with van der Waals surface area (Å²) in [7, 11) is 1.62. The van der Waals surface area contributed by atoms with Crippen molar-refractivity contribution in [3.8, 4) is 5.75 Å².